The van der Waals surface area contributed by atoms with E-state index in [0.29, 0.717) is 0 Å². The van der Waals surface area contributed by atoms with Gasteiger partial charge >= 0.3 is 0 Å². The molecule has 75 heavy (non-hydrogen) atoms. The fourth-order valence-electron chi connectivity index (χ4n) is 5.48. The van der Waals surface area contributed by atoms with Gasteiger partial charge in [0, 0.05) is 234 Å². The summed E-state index contributed by atoms with van der Waals surface area (Å²) in [4.78, 5) is 16.0. The molecule has 0 aliphatic heterocycles. The van der Waals surface area contributed by atoms with Crippen molar-refractivity contribution in [2.24, 2.45) is 35.2 Å². The summed E-state index contributed by atoms with van der Waals surface area (Å²) in [5.41, 5.74) is 7.60. The molecule has 10 aromatic rings. The third-order valence-corrected chi connectivity index (χ3v) is 8.15. The van der Waals surface area contributed by atoms with Crippen molar-refractivity contribution in [3.63, 3.8) is 0 Å². The molecular weight excluding hydrogens is 1310 g/mol. The second-order valence-electron chi connectivity index (χ2n) is 14.7. The third-order valence-electron chi connectivity index (χ3n) is 8.15. The number of nitrogens with zero attached hydrogens (tertiary/aromatic N) is 10. The molecule has 0 fully saturated rings. The maximum Gasteiger partial charge on any atom is 0.180 e. The molecule has 10 rings (SSSR count). The topological polar surface area (TPSA) is 89.1 Å². The van der Waals surface area contributed by atoms with E-state index in [-0.39, 0.29) is 201 Å². The first kappa shape index (κ1) is 96.2. The predicted molar refractivity (Wildman–Crippen MR) is 314 cm³/mol. The first-order valence-electron chi connectivity index (χ1n) is 22.0. The van der Waals surface area contributed by atoms with Crippen LogP contribution in [0.15, 0.2) is 153 Å². The summed E-state index contributed by atoms with van der Waals surface area (Å²) in [5.74, 6) is 0. The molecule has 0 spiro atoms. The quantitative estimate of drug-likeness (QED) is 0.141. The van der Waals surface area contributed by atoms with Crippen molar-refractivity contribution >= 4 is 54.9 Å². The van der Waals surface area contributed by atoms with Gasteiger partial charge in [-0.15, -0.1) is 0 Å². The zero-order valence-electron chi connectivity index (χ0n) is 49.7. The number of para-hydroxylation sites is 4. The maximum atomic E-state index is 4.23. The molecule has 6 heterocycles. The molecule has 0 saturated carbocycles. The van der Waals surface area contributed by atoms with Crippen molar-refractivity contribution in [2.45, 2.75) is 69.2 Å². The van der Waals surface area contributed by atoms with Crippen LogP contribution in [-0.4, -0.2) is 48.0 Å². The second-order valence-corrected chi connectivity index (χ2v) is 14.7. The van der Waals surface area contributed by atoms with Crippen LogP contribution < -0.4 is 0 Å². The average molecular weight is 1400 g/mol. The fourth-order valence-corrected chi connectivity index (χ4v) is 5.48. The van der Waals surface area contributed by atoms with Crippen LogP contribution in [0, 0.1) is 69.2 Å². The number of rotatable bonds is 0. The van der Waals surface area contributed by atoms with Crippen molar-refractivity contribution in [1.82, 2.24) is 48.0 Å². The fraction of sp³-hybridized carbons (Fsp3) is 0.250. The number of hydrogen-bond acceptors (Lipinski definition) is 5. The molecular formula is C60H90N10Y5-10. The van der Waals surface area contributed by atoms with Gasteiger partial charge in [0.05, 0.1) is 35.4 Å². The molecule has 0 aliphatic rings. The SMILES string of the molecule is C[CH-]C.C[CH-]C.C[CH-]C.C[CH-]C.C[CH-]C.Cn1cc2ccccc2n1.Cn1ccc2ccccc21.Cn1ccc2ccccc21.Cn1cnc2ccccc21.Cn1cnc2ncncc21.[CH3-].[CH3-].[CH3-].[CH3-].[CH3-].[Y].[Y].[Y].[Y].[Y]. The van der Waals surface area contributed by atoms with E-state index in [1.165, 1.54) is 39.0 Å². The Morgan fingerprint density at radius 2 is 0.707 bits per heavy atom. The molecule has 0 aliphatic carbocycles. The number of benzene rings is 4. The summed E-state index contributed by atoms with van der Waals surface area (Å²) >= 11 is 0. The molecule has 15 heteroatoms. The summed E-state index contributed by atoms with van der Waals surface area (Å²) in [6.07, 6.45) is 22.9. The monoisotopic (exact) mass is 1400 g/mol. The van der Waals surface area contributed by atoms with Crippen LogP contribution in [-0.2, 0) is 199 Å². The summed E-state index contributed by atoms with van der Waals surface area (Å²) in [7, 11) is 9.96. The maximum absolute atomic E-state index is 4.23. The van der Waals surface area contributed by atoms with E-state index in [4.69, 9.17) is 0 Å². The van der Waals surface area contributed by atoms with Crippen LogP contribution in [0.5, 0.6) is 0 Å². The van der Waals surface area contributed by atoms with Gasteiger partial charge in [-0.1, -0.05) is 66.7 Å². The molecule has 0 amide bonds. The largest absolute Gasteiger partial charge is 0.358 e. The minimum Gasteiger partial charge on any atom is -0.358 e. The van der Waals surface area contributed by atoms with Crippen LogP contribution >= 0.6 is 0 Å². The molecule has 6 aromatic heterocycles. The Hall–Kier alpha value is -1.03. The van der Waals surface area contributed by atoms with Crippen molar-refractivity contribution in [2.75, 3.05) is 0 Å². The summed E-state index contributed by atoms with van der Waals surface area (Å²) < 4.78 is 9.96. The zero-order chi connectivity index (χ0) is 48.4. The Kier molecular flexibility index (Phi) is 77.8. The normalized spacial score (nSPS) is 8.20. The van der Waals surface area contributed by atoms with E-state index >= 15 is 0 Å². The molecule has 0 N–H and O–H groups in total. The first-order valence-corrected chi connectivity index (χ1v) is 22.0. The Morgan fingerprint density at radius 1 is 0.360 bits per heavy atom. The average Bonchev–Trinajstić information content (AvgIpc) is 4.16. The number of aromatic nitrogens is 10. The van der Waals surface area contributed by atoms with Crippen molar-refractivity contribution in [1.29, 1.82) is 0 Å². The first-order chi connectivity index (χ1) is 31.4. The molecule has 405 valence electrons. The molecule has 0 bridgehead atoms. The zero-order valence-corrected chi connectivity index (χ0v) is 63.9. The van der Waals surface area contributed by atoms with E-state index < -0.39 is 0 Å². The van der Waals surface area contributed by atoms with Gasteiger partial charge in [0.2, 0.25) is 0 Å². The Balaban J connectivity index is -0.0000000800. The minimum absolute atomic E-state index is 0. The van der Waals surface area contributed by atoms with Crippen molar-refractivity contribution < 1.29 is 164 Å². The molecule has 5 radical (unpaired) electrons. The number of hydrogen-bond donors (Lipinski definition) is 0. The summed E-state index contributed by atoms with van der Waals surface area (Å²) in [6, 6.07) is 37.1. The molecule has 0 saturated heterocycles. The van der Waals surface area contributed by atoms with Crippen LogP contribution in [0.25, 0.3) is 54.9 Å². The van der Waals surface area contributed by atoms with E-state index in [2.05, 4.69) is 133 Å². The number of fused-ring (bicyclic) bond motifs is 5. The van der Waals surface area contributed by atoms with Gasteiger partial charge in [-0.05, 0) is 53.2 Å². The third kappa shape index (κ3) is 38.3. The van der Waals surface area contributed by atoms with Gasteiger partial charge in [0.15, 0.2) is 5.65 Å². The molecule has 0 unspecified atom stereocenters. The summed E-state index contributed by atoms with van der Waals surface area (Å²) in [6.45, 7) is 20.0. The standard InChI is InChI=1S/2C9H9N.2C8H8N2.C6H6N4.5C3H7.5CH3.5Y/c2*1-10-7-6-8-4-2-3-5-9(8)10;1-10-6-9-7-4-2-3-5-8(7)10;1-10-6-7-4-2-3-5-8(7)9-10;1-10-4-9-6-5(10)2-7-3-8-6;5*1-3-2;;;;;;;;;;/h2*2-7H,1H3;2*2-6H,1H3;2-4H,1H3;5*3H,1-2H3;5*1H3;;;;;/q;;;;;10*-1;;;;;. The van der Waals surface area contributed by atoms with Crippen LogP contribution in [0.4, 0.5) is 0 Å². The van der Waals surface area contributed by atoms with Gasteiger partial charge in [-0.3, -0.25) is 4.68 Å². The second kappa shape index (κ2) is 60.6. The van der Waals surface area contributed by atoms with Crippen molar-refractivity contribution in [3.8, 4) is 0 Å². The predicted octanol–water partition coefficient (Wildman–Crippen LogP) is 16.3. The molecule has 10 nitrogen and oxygen atoms in total. The van der Waals surface area contributed by atoms with Crippen LogP contribution in [0.2, 0.25) is 0 Å². The van der Waals surface area contributed by atoms with E-state index in [1.54, 1.807) is 12.5 Å². The van der Waals surface area contributed by atoms with Gasteiger partial charge in [-0.25, -0.2) is 19.9 Å². The minimum atomic E-state index is 0. The van der Waals surface area contributed by atoms with E-state index in [9.17, 15) is 0 Å². The van der Waals surface area contributed by atoms with Gasteiger partial charge in [-0.2, -0.15) is 74.3 Å². The molecule has 0 atom stereocenters. The number of aryl methyl sites for hydroxylation is 5. The number of imidazole rings is 2. The summed E-state index contributed by atoms with van der Waals surface area (Å²) in [5, 5.41) is 8.05. The van der Waals surface area contributed by atoms with Crippen LogP contribution in [0.3, 0.4) is 0 Å². The Morgan fingerprint density at radius 3 is 1.09 bits per heavy atom. The molecule has 4 aromatic carbocycles. The van der Waals surface area contributed by atoms with Gasteiger partial charge in [0.1, 0.15) is 11.8 Å². The van der Waals surface area contributed by atoms with E-state index in [1.807, 2.05) is 185 Å². The smallest absolute Gasteiger partial charge is 0.180 e. The van der Waals surface area contributed by atoms with E-state index in [0.717, 1.165) is 22.2 Å². The Bertz CT molecular complexity index is 2350. The van der Waals surface area contributed by atoms with Crippen molar-refractivity contribution in [3.05, 3.63) is 222 Å². The Labute approximate surface area is 584 Å². The van der Waals surface area contributed by atoms with Crippen LogP contribution in [0.1, 0.15) is 69.2 Å². The van der Waals surface area contributed by atoms with Gasteiger partial charge in [0.25, 0.3) is 0 Å². The van der Waals surface area contributed by atoms with Gasteiger partial charge < -0.3 is 87.5 Å².